The van der Waals surface area contributed by atoms with Crippen LogP contribution in [-0.4, -0.2) is 37.6 Å². The topological polar surface area (TPSA) is 30.3 Å². The molecule has 0 bridgehead atoms. The zero-order chi connectivity index (χ0) is 13.1. The van der Waals surface area contributed by atoms with Crippen LogP contribution in [0.15, 0.2) is 18.2 Å². The fourth-order valence-corrected chi connectivity index (χ4v) is 2.64. The van der Waals surface area contributed by atoms with Crippen molar-refractivity contribution >= 4 is 5.69 Å². The number of rotatable bonds is 2. The summed E-state index contributed by atoms with van der Waals surface area (Å²) in [7, 11) is 2.13. The van der Waals surface area contributed by atoms with Crippen LogP contribution in [0.4, 0.5) is 5.69 Å². The van der Waals surface area contributed by atoms with Gasteiger partial charge in [-0.05, 0) is 38.1 Å². The smallest absolute Gasteiger partial charge is 0.0643 e. The highest BCUT2D eigenvalue weighted by Gasteiger charge is 2.26. The number of hydrogen-bond acceptors (Lipinski definition) is 3. The maximum absolute atomic E-state index is 9.00. The van der Waals surface area contributed by atoms with Crippen LogP contribution in [-0.2, 0) is 0 Å². The Balaban J connectivity index is 2.29. The van der Waals surface area contributed by atoms with E-state index >= 15 is 0 Å². The minimum absolute atomic E-state index is 0.314. The maximum atomic E-state index is 9.00. The molecule has 1 heterocycles. The Labute approximate surface area is 110 Å². The average Bonchev–Trinajstić information content (AvgIpc) is 2.33. The van der Waals surface area contributed by atoms with Gasteiger partial charge in [0.1, 0.15) is 0 Å². The van der Waals surface area contributed by atoms with Crippen LogP contribution in [0.25, 0.3) is 0 Å². The van der Waals surface area contributed by atoms with Gasteiger partial charge in [0.2, 0.25) is 0 Å². The van der Waals surface area contributed by atoms with E-state index in [1.165, 1.54) is 16.8 Å². The lowest BCUT2D eigenvalue weighted by Crippen LogP contribution is -2.52. The van der Waals surface area contributed by atoms with E-state index < -0.39 is 0 Å². The zero-order valence-electron chi connectivity index (χ0n) is 11.5. The van der Waals surface area contributed by atoms with Crippen molar-refractivity contribution in [3.8, 4) is 6.07 Å². The lowest BCUT2D eigenvalue weighted by atomic mass is 10.0. The summed E-state index contributed by atoms with van der Waals surface area (Å²) in [6.45, 7) is 7.32. The molecule has 0 spiro atoms. The van der Waals surface area contributed by atoms with Gasteiger partial charge in [0, 0.05) is 25.3 Å². The van der Waals surface area contributed by atoms with Crippen molar-refractivity contribution in [3.05, 3.63) is 29.3 Å². The summed E-state index contributed by atoms with van der Waals surface area (Å²) in [6.07, 6.45) is 0.595. The molecule has 1 aromatic carbocycles. The molecule has 1 aliphatic heterocycles. The van der Waals surface area contributed by atoms with E-state index in [1.807, 2.05) is 0 Å². The Morgan fingerprint density at radius 1 is 1.33 bits per heavy atom. The van der Waals surface area contributed by atoms with Crippen LogP contribution < -0.4 is 4.90 Å². The number of nitriles is 1. The van der Waals surface area contributed by atoms with E-state index in [-0.39, 0.29) is 0 Å². The molecule has 1 saturated heterocycles. The van der Waals surface area contributed by atoms with Gasteiger partial charge < -0.3 is 9.80 Å². The van der Waals surface area contributed by atoms with Crippen molar-refractivity contribution in [1.82, 2.24) is 4.90 Å². The molecule has 3 heteroatoms. The number of hydrogen-bond donors (Lipinski definition) is 0. The van der Waals surface area contributed by atoms with Crippen molar-refractivity contribution in [2.45, 2.75) is 26.3 Å². The van der Waals surface area contributed by atoms with Crippen molar-refractivity contribution in [3.63, 3.8) is 0 Å². The molecule has 96 valence electrons. The third-order valence-corrected chi connectivity index (χ3v) is 3.69. The van der Waals surface area contributed by atoms with Crippen LogP contribution in [0.2, 0.25) is 0 Å². The summed E-state index contributed by atoms with van der Waals surface area (Å²) >= 11 is 0. The van der Waals surface area contributed by atoms with Crippen LogP contribution in [0, 0.1) is 25.2 Å². The third kappa shape index (κ3) is 2.65. The van der Waals surface area contributed by atoms with E-state index in [2.05, 4.69) is 55.0 Å². The van der Waals surface area contributed by atoms with E-state index in [0.29, 0.717) is 12.5 Å². The van der Waals surface area contributed by atoms with Crippen LogP contribution >= 0.6 is 0 Å². The second-order valence-electron chi connectivity index (χ2n) is 5.26. The van der Waals surface area contributed by atoms with Gasteiger partial charge in [0.05, 0.1) is 18.5 Å². The van der Waals surface area contributed by atoms with E-state index in [4.69, 9.17) is 5.26 Å². The monoisotopic (exact) mass is 243 g/mol. The second kappa shape index (κ2) is 5.41. The Morgan fingerprint density at radius 3 is 2.83 bits per heavy atom. The summed E-state index contributed by atoms with van der Waals surface area (Å²) < 4.78 is 0. The van der Waals surface area contributed by atoms with Gasteiger partial charge in [0.25, 0.3) is 0 Å². The first-order valence-corrected chi connectivity index (χ1v) is 6.51. The van der Waals surface area contributed by atoms with Crippen molar-refractivity contribution in [1.29, 1.82) is 5.26 Å². The third-order valence-electron chi connectivity index (χ3n) is 3.69. The molecular weight excluding hydrogens is 222 g/mol. The molecular formula is C15H21N3. The van der Waals surface area contributed by atoms with E-state index in [1.54, 1.807) is 0 Å². The predicted molar refractivity (Wildman–Crippen MR) is 74.8 cm³/mol. The Bertz CT molecular complexity index is 461. The number of anilines is 1. The van der Waals surface area contributed by atoms with Gasteiger partial charge in [-0.25, -0.2) is 0 Å². The molecule has 18 heavy (non-hydrogen) atoms. The molecule has 1 unspecified atom stereocenters. The van der Waals surface area contributed by atoms with Crippen molar-refractivity contribution in [2.75, 3.05) is 31.6 Å². The second-order valence-corrected chi connectivity index (χ2v) is 5.26. The predicted octanol–water partition coefficient (Wildman–Crippen LogP) is 2.34. The molecule has 0 amide bonds. The molecule has 1 aliphatic rings. The molecule has 1 aromatic rings. The molecule has 2 rings (SSSR count). The minimum Gasteiger partial charge on any atom is -0.365 e. The van der Waals surface area contributed by atoms with E-state index in [9.17, 15) is 0 Å². The molecule has 0 N–H and O–H groups in total. The molecule has 0 aliphatic carbocycles. The summed E-state index contributed by atoms with van der Waals surface area (Å²) in [6, 6.07) is 9.20. The summed E-state index contributed by atoms with van der Waals surface area (Å²) in [4.78, 5) is 4.72. The van der Waals surface area contributed by atoms with Gasteiger partial charge in [0.15, 0.2) is 0 Å². The first kappa shape index (κ1) is 12.9. The first-order valence-electron chi connectivity index (χ1n) is 6.51. The number of piperazine rings is 1. The zero-order valence-corrected chi connectivity index (χ0v) is 11.5. The van der Waals surface area contributed by atoms with Crippen molar-refractivity contribution in [2.24, 2.45) is 0 Å². The molecule has 1 atom stereocenters. The molecule has 0 radical (unpaired) electrons. The normalized spacial score (nSPS) is 20.8. The molecule has 3 nitrogen and oxygen atoms in total. The Kier molecular flexibility index (Phi) is 3.88. The minimum atomic E-state index is 0.314. The lowest BCUT2D eigenvalue weighted by molar-refractivity contribution is 0.268. The quantitative estimate of drug-likeness (QED) is 0.798. The summed E-state index contributed by atoms with van der Waals surface area (Å²) in [5.41, 5.74) is 3.88. The highest BCUT2D eigenvalue weighted by atomic mass is 15.3. The Morgan fingerprint density at radius 2 is 2.11 bits per heavy atom. The fourth-order valence-electron chi connectivity index (χ4n) is 2.64. The van der Waals surface area contributed by atoms with E-state index in [0.717, 1.165) is 19.6 Å². The highest BCUT2D eigenvalue weighted by molar-refractivity contribution is 5.56. The number of nitrogens with zero attached hydrogens (tertiary/aromatic N) is 3. The standard InChI is InChI=1S/C15H21N3/c1-12-4-5-13(2)15(10-12)18-9-8-17(3)11-14(18)6-7-16/h4-5,10,14H,6,8-9,11H2,1-3H3. The van der Waals surface area contributed by atoms with Crippen molar-refractivity contribution < 1.29 is 0 Å². The average molecular weight is 243 g/mol. The maximum Gasteiger partial charge on any atom is 0.0643 e. The van der Waals surface area contributed by atoms with Gasteiger partial charge in [-0.15, -0.1) is 0 Å². The Hall–Kier alpha value is -1.53. The molecule has 1 fully saturated rings. The number of aryl methyl sites for hydroxylation is 2. The molecule has 0 saturated carbocycles. The van der Waals surface area contributed by atoms with Gasteiger partial charge >= 0.3 is 0 Å². The lowest BCUT2D eigenvalue weighted by Gasteiger charge is -2.41. The van der Waals surface area contributed by atoms with Gasteiger partial charge in [-0.2, -0.15) is 5.26 Å². The first-order chi connectivity index (χ1) is 8.61. The van der Waals surface area contributed by atoms with Crippen LogP contribution in [0.5, 0.6) is 0 Å². The molecule has 0 aromatic heterocycles. The van der Waals surface area contributed by atoms with Gasteiger partial charge in [-0.3, -0.25) is 0 Å². The van der Waals surface area contributed by atoms with Crippen LogP contribution in [0.3, 0.4) is 0 Å². The largest absolute Gasteiger partial charge is 0.365 e. The summed E-state index contributed by atoms with van der Waals surface area (Å²) in [5, 5.41) is 9.00. The van der Waals surface area contributed by atoms with Crippen LogP contribution in [0.1, 0.15) is 17.5 Å². The fraction of sp³-hybridized carbons (Fsp3) is 0.533. The highest BCUT2D eigenvalue weighted by Crippen LogP contribution is 2.26. The number of benzene rings is 1. The SMILES string of the molecule is Cc1ccc(C)c(N2CCN(C)CC2CC#N)c1. The summed E-state index contributed by atoms with van der Waals surface area (Å²) in [5.74, 6) is 0. The van der Waals surface area contributed by atoms with Gasteiger partial charge in [-0.1, -0.05) is 12.1 Å². The number of likely N-dealkylation sites (N-methyl/N-ethyl adjacent to an activating group) is 1.